The summed E-state index contributed by atoms with van der Waals surface area (Å²) in [6.07, 6.45) is 0. The first-order valence-corrected chi connectivity index (χ1v) is 8.22. The van der Waals surface area contributed by atoms with Crippen molar-refractivity contribution >= 4 is 23.2 Å². The van der Waals surface area contributed by atoms with Crippen molar-refractivity contribution in [1.29, 1.82) is 0 Å². The molecule has 2 N–H and O–H groups in total. The maximum atomic E-state index is 9.74. The van der Waals surface area contributed by atoms with Gasteiger partial charge < -0.3 is 10.2 Å². The van der Waals surface area contributed by atoms with E-state index in [0.717, 1.165) is 16.7 Å². The number of aromatic hydroxyl groups is 2. The van der Waals surface area contributed by atoms with Gasteiger partial charge in [0, 0.05) is 5.41 Å². The molecule has 0 aliphatic rings. The Kier molecular flexibility index (Phi) is 4.44. The molecule has 0 radical (unpaired) electrons. The summed E-state index contributed by atoms with van der Waals surface area (Å²) in [6, 6.07) is 20.3. The minimum atomic E-state index is -0.546. The molecular formula is C20H16Cl2O2. The molecule has 0 bridgehead atoms. The molecule has 4 heteroatoms. The second-order valence-electron chi connectivity index (χ2n) is 5.82. The Morgan fingerprint density at radius 1 is 0.667 bits per heavy atom. The zero-order valence-corrected chi connectivity index (χ0v) is 14.5. The molecule has 2 nitrogen and oxygen atoms in total. The van der Waals surface area contributed by atoms with E-state index in [1.54, 1.807) is 24.3 Å². The molecule has 0 unspecified atom stereocenters. The number of halogens is 2. The molecule has 0 amide bonds. The zero-order valence-electron chi connectivity index (χ0n) is 13.0. The standard InChI is InChI=1S/C20H16Cl2O2/c1-20(13-5-3-2-4-6-13,14-7-9-18(23)16(21)11-14)15-8-10-19(24)17(22)12-15/h2-12,23-24H,1H3. The van der Waals surface area contributed by atoms with Crippen molar-refractivity contribution in [1.82, 2.24) is 0 Å². The second kappa shape index (κ2) is 6.39. The molecule has 0 saturated heterocycles. The largest absolute Gasteiger partial charge is 0.506 e. The van der Waals surface area contributed by atoms with E-state index in [4.69, 9.17) is 23.2 Å². The SMILES string of the molecule is CC(c1ccccc1)(c1ccc(O)c(Cl)c1)c1ccc(O)c(Cl)c1. The molecule has 3 rings (SSSR count). The number of phenols is 2. The molecule has 0 spiro atoms. The highest BCUT2D eigenvalue weighted by Gasteiger charge is 2.32. The lowest BCUT2D eigenvalue weighted by molar-refractivity contribution is 0.474. The lowest BCUT2D eigenvalue weighted by atomic mass is 9.71. The van der Waals surface area contributed by atoms with E-state index in [2.05, 4.69) is 6.92 Å². The van der Waals surface area contributed by atoms with E-state index in [1.807, 2.05) is 42.5 Å². The molecule has 0 atom stereocenters. The van der Waals surface area contributed by atoms with Gasteiger partial charge in [-0.05, 0) is 47.9 Å². The van der Waals surface area contributed by atoms with Crippen molar-refractivity contribution in [3.05, 3.63) is 93.5 Å². The van der Waals surface area contributed by atoms with Crippen LogP contribution in [0.25, 0.3) is 0 Å². The number of benzene rings is 3. The predicted octanol–water partition coefficient (Wildman–Crippen LogP) is 5.76. The van der Waals surface area contributed by atoms with Gasteiger partial charge >= 0.3 is 0 Å². The van der Waals surface area contributed by atoms with Crippen LogP contribution in [0, 0.1) is 0 Å². The second-order valence-corrected chi connectivity index (χ2v) is 6.64. The summed E-state index contributed by atoms with van der Waals surface area (Å²) in [6.45, 7) is 2.06. The van der Waals surface area contributed by atoms with Gasteiger partial charge in [-0.25, -0.2) is 0 Å². The van der Waals surface area contributed by atoms with Gasteiger partial charge in [0.2, 0.25) is 0 Å². The third-order valence-electron chi connectivity index (χ3n) is 4.40. The fraction of sp³-hybridized carbons (Fsp3) is 0.100. The Labute approximate surface area is 150 Å². The molecule has 24 heavy (non-hydrogen) atoms. The van der Waals surface area contributed by atoms with E-state index in [-0.39, 0.29) is 11.5 Å². The third-order valence-corrected chi connectivity index (χ3v) is 5.01. The quantitative estimate of drug-likeness (QED) is 0.584. The van der Waals surface area contributed by atoms with Crippen molar-refractivity contribution < 1.29 is 10.2 Å². The molecule has 0 saturated carbocycles. The minimum absolute atomic E-state index is 0.0413. The van der Waals surface area contributed by atoms with Crippen LogP contribution in [0.15, 0.2) is 66.7 Å². The highest BCUT2D eigenvalue weighted by molar-refractivity contribution is 6.32. The topological polar surface area (TPSA) is 40.5 Å². The van der Waals surface area contributed by atoms with Gasteiger partial charge in [-0.1, -0.05) is 65.7 Å². The summed E-state index contributed by atoms with van der Waals surface area (Å²) in [4.78, 5) is 0. The fourth-order valence-corrected chi connectivity index (χ4v) is 3.27. The van der Waals surface area contributed by atoms with Crippen LogP contribution in [0.4, 0.5) is 0 Å². The van der Waals surface area contributed by atoms with Gasteiger partial charge in [0.1, 0.15) is 11.5 Å². The van der Waals surface area contributed by atoms with Gasteiger partial charge in [-0.3, -0.25) is 0 Å². The van der Waals surface area contributed by atoms with Crippen molar-refractivity contribution in [3.63, 3.8) is 0 Å². The van der Waals surface area contributed by atoms with Gasteiger partial charge in [-0.15, -0.1) is 0 Å². The molecule has 0 fully saturated rings. The molecule has 0 aliphatic heterocycles. The van der Waals surface area contributed by atoms with Gasteiger partial charge in [0.05, 0.1) is 10.0 Å². The molecule has 0 aromatic heterocycles. The predicted molar refractivity (Wildman–Crippen MR) is 98.2 cm³/mol. The summed E-state index contributed by atoms with van der Waals surface area (Å²) < 4.78 is 0. The molecule has 122 valence electrons. The molecular weight excluding hydrogens is 343 g/mol. The Morgan fingerprint density at radius 3 is 1.54 bits per heavy atom. The minimum Gasteiger partial charge on any atom is -0.506 e. The molecule has 0 aliphatic carbocycles. The summed E-state index contributed by atoms with van der Waals surface area (Å²) in [5.74, 6) is 0.0825. The fourth-order valence-electron chi connectivity index (χ4n) is 2.91. The number of rotatable bonds is 3. The maximum absolute atomic E-state index is 9.74. The van der Waals surface area contributed by atoms with E-state index >= 15 is 0 Å². The van der Waals surface area contributed by atoms with Crippen molar-refractivity contribution in [3.8, 4) is 11.5 Å². The smallest absolute Gasteiger partial charge is 0.134 e. The van der Waals surface area contributed by atoms with Crippen molar-refractivity contribution in [2.75, 3.05) is 0 Å². The zero-order chi connectivity index (χ0) is 17.3. The summed E-state index contributed by atoms with van der Waals surface area (Å²) in [5, 5.41) is 20.1. The van der Waals surface area contributed by atoms with Crippen LogP contribution >= 0.6 is 23.2 Å². The molecule has 3 aromatic rings. The lowest BCUT2D eigenvalue weighted by Gasteiger charge is -2.32. The normalized spacial score (nSPS) is 11.5. The first-order chi connectivity index (χ1) is 11.4. The Morgan fingerprint density at radius 2 is 1.12 bits per heavy atom. The van der Waals surface area contributed by atoms with E-state index in [0.29, 0.717) is 10.0 Å². The van der Waals surface area contributed by atoms with Crippen LogP contribution in [0.1, 0.15) is 23.6 Å². The molecule has 0 heterocycles. The highest BCUT2D eigenvalue weighted by atomic mass is 35.5. The van der Waals surface area contributed by atoms with Crippen LogP contribution in [-0.4, -0.2) is 10.2 Å². The van der Waals surface area contributed by atoms with Crippen LogP contribution in [-0.2, 0) is 5.41 Å². The summed E-state index contributed by atoms with van der Waals surface area (Å²) in [5.41, 5.74) is 2.33. The van der Waals surface area contributed by atoms with Gasteiger partial charge in [0.15, 0.2) is 0 Å². The number of hydrogen-bond acceptors (Lipinski definition) is 2. The molecule has 3 aromatic carbocycles. The summed E-state index contributed by atoms with van der Waals surface area (Å²) >= 11 is 12.3. The summed E-state index contributed by atoms with van der Waals surface area (Å²) in [7, 11) is 0. The maximum Gasteiger partial charge on any atom is 0.134 e. The average molecular weight is 359 g/mol. The van der Waals surface area contributed by atoms with Gasteiger partial charge in [-0.2, -0.15) is 0 Å². The van der Waals surface area contributed by atoms with Crippen LogP contribution in [0.5, 0.6) is 11.5 Å². The van der Waals surface area contributed by atoms with Crippen LogP contribution < -0.4 is 0 Å². The van der Waals surface area contributed by atoms with Gasteiger partial charge in [0.25, 0.3) is 0 Å². The monoisotopic (exact) mass is 358 g/mol. The Bertz CT molecular complexity index is 825. The van der Waals surface area contributed by atoms with E-state index in [1.165, 1.54) is 0 Å². The Hall–Kier alpha value is -2.16. The first-order valence-electron chi connectivity index (χ1n) is 7.46. The van der Waals surface area contributed by atoms with Crippen molar-refractivity contribution in [2.45, 2.75) is 12.3 Å². The number of phenolic OH excluding ortho intramolecular Hbond substituents is 2. The van der Waals surface area contributed by atoms with E-state index in [9.17, 15) is 10.2 Å². The van der Waals surface area contributed by atoms with Crippen LogP contribution in [0.3, 0.4) is 0 Å². The first kappa shape index (κ1) is 16.7. The lowest BCUT2D eigenvalue weighted by Crippen LogP contribution is -2.25. The number of hydrogen-bond donors (Lipinski definition) is 2. The average Bonchev–Trinajstić information content (AvgIpc) is 2.60. The highest BCUT2D eigenvalue weighted by Crippen LogP contribution is 2.42. The van der Waals surface area contributed by atoms with Crippen LogP contribution in [0.2, 0.25) is 10.0 Å². The third kappa shape index (κ3) is 2.83. The van der Waals surface area contributed by atoms with Crippen molar-refractivity contribution in [2.24, 2.45) is 0 Å². The Balaban J connectivity index is 2.28. The van der Waals surface area contributed by atoms with E-state index < -0.39 is 5.41 Å².